The molecule has 1 aromatic carbocycles. The van der Waals surface area contributed by atoms with Crippen LogP contribution in [0.15, 0.2) is 18.2 Å². The maximum atomic E-state index is 10.8. The fraction of sp³-hybridized carbons (Fsp3) is 0.333. The molecular formula is C12H17N3O3. The van der Waals surface area contributed by atoms with Crippen molar-refractivity contribution in [3.8, 4) is 0 Å². The van der Waals surface area contributed by atoms with Gasteiger partial charge >= 0.3 is 5.97 Å². The minimum atomic E-state index is -1.04. The average molecular weight is 251 g/mol. The van der Waals surface area contributed by atoms with Gasteiger partial charge in [-0.15, -0.1) is 0 Å². The van der Waals surface area contributed by atoms with Gasteiger partial charge in [0.15, 0.2) is 0 Å². The number of unbranched alkanes of at least 4 members (excludes halogenated alkanes) is 1. The molecule has 0 aliphatic rings. The van der Waals surface area contributed by atoms with Crippen LogP contribution >= 0.6 is 0 Å². The molecule has 18 heavy (non-hydrogen) atoms. The Bertz CT molecular complexity index is 446. The van der Waals surface area contributed by atoms with Gasteiger partial charge in [0.1, 0.15) is 0 Å². The maximum Gasteiger partial charge on any atom is 0.337 e. The predicted molar refractivity (Wildman–Crippen MR) is 69.3 cm³/mol. The number of benzene rings is 1. The van der Waals surface area contributed by atoms with Crippen molar-refractivity contribution in [1.29, 1.82) is 0 Å². The Balaban J connectivity index is 2.42. The minimum absolute atomic E-state index is 0.0919. The summed E-state index contributed by atoms with van der Waals surface area (Å²) in [4.78, 5) is 21.3. The van der Waals surface area contributed by atoms with Crippen LogP contribution in [0.2, 0.25) is 0 Å². The van der Waals surface area contributed by atoms with E-state index in [1.807, 2.05) is 0 Å². The number of hydrogen-bond acceptors (Lipinski definition) is 4. The third-order valence-electron chi connectivity index (χ3n) is 2.46. The van der Waals surface area contributed by atoms with E-state index in [4.69, 9.17) is 16.6 Å². The normalized spacial score (nSPS) is 10.0. The summed E-state index contributed by atoms with van der Waals surface area (Å²) in [5.74, 6) is -1.34. The molecule has 6 heteroatoms. The molecule has 1 rings (SSSR count). The number of carboxylic acids is 1. The Morgan fingerprint density at radius 1 is 1.28 bits per heavy atom. The summed E-state index contributed by atoms with van der Waals surface area (Å²) < 4.78 is 0. The fourth-order valence-electron chi connectivity index (χ4n) is 1.52. The van der Waals surface area contributed by atoms with Crippen LogP contribution in [0.4, 0.5) is 11.4 Å². The van der Waals surface area contributed by atoms with Crippen molar-refractivity contribution in [2.75, 3.05) is 17.6 Å². The summed E-state index contributed by atoms with van der Waals surface area (Å²) in [5, 5.41) is 11.9. The molecule has 0 atom stereocenters. The smallest absolute Gasteiger partial charge is 0.337 e. The number of primary amides is 1. The van der Waals surface area contributed by atoms with Gasteiger partial charge in [-0.3, -0.25) is 4.79 Å². The Morgan fingerprint density at radius 3 is 2.56 bits per heavy atom. The SMILES string of the molecule is NC(=O)CCCCNc1ccc(C(=O)O)c(N)c1. The van der Waals surface area contributed by atoms with Crippen molar-refractivity contribution in [2.24, 2.45) is 5.73 Å². The van der Waals surface area contributed by atoms with Crippen molar-refractivity contribution in [1.82, 2.24) is 0 Å². The molecule has 0 aliphatic heterocycles. The molecule has 0 fully saturated rings. The summed E-state index contributed by atoms with van der Waals surface area (Å²) in [5.41, 5.74) is 11.7. The number of nitrogens with two attached hydrogens (primary N) is 2. The van der Waals surface area contributed by atoms with Gasteiger partial charge in [0, 0.05) is 24.3 Å². The molecule has 6 N–H and O–H groups in total. The molecule has 0 spiro atoms. The summed E-state index contributed by atoms with van der Waals surface area (Å²) >= 11 is 0. The second kappa shape index (κ2) is 6.48. The molecule has 0 radical (unpaired) electrons. The van der Waals surface area contributed by atoms with E-state index < -0.39 is 5.97 Å². The highest BCUT2D eigenvalue weighted by Crippen LogP contribution is 2.18. The van der Waals surface area contributed by atoms with Gasteiger partial charge < -0.3 is 21.9 Å². The maximum absolute atomic E-state index is 10.8. The van der Waals surface area contributed by atoms with Crippen LogP contribution in [0.5, 0.6) is 0 Å². The van der Waals surface area contributed by atoms with Gasteiger partial charge in [0.05, 0.1) is 5.56 Å². The van der Waals surface area contributed by atoms with E-state index in [2.05, 4.69) is 5.32 Å². The largest absolute Gasteiger partial charge is 0.478 e. The first-order chi connectivity index (χ1) is 8.50. The van der Waals surface area contributed by atoms with Crippen molar-refractivity contribution < 1.29 is 14.7 Å². The van der Waals surface area contributed by atoms with Gasteiger partial charge in [-0.1, -0.05) is 0 Å². The lowest BCUT2D eigenvalue weighted by atomic mass is 10.1. The highest BCUT2D eigenvalue weighted by atomic mass is 16.4. The molecule has 98 valence electrons. The van der Waals surface area contributed by atoms with E-state index in [0.717, 1.165) is 18.5 Å². The minimum Gasteiger partial charge on any atom is -0.478 e. The first-order valence-electron chi connectivity index (χ1n) is 5.65. The Hall–Kier alpha value is -2.24. The topological polar surface area (TPSA) is 118 Å². The second-order valence-electron chi connectivity index (χ2n) is 3.96. The summed E-state index contributed by atoms with van der Waals surface area (Å²) in [6, 6.07) is 4.70. The number of nitrogen functional groups attached to an aromatic ring is 1. The third kappa shape index (κ3) is 4.32. The van der Waals surface area contributed by atoms with Gasteiger partial charge in [0.25, 0.3) is 0 Å². The zero-order chi connectivity index (χ0) is 13.5. The zero-order valence-electron chi connectivity index (χ0n) is 9.98. The third-order valence-corrected chi connectivity index (χ3v) is 2.46. The van der Waals surface area contributed by atoms with E-state index in [1.54, 1.807) is 12.1 Å². The molecule has 1 aromatic rings. The molecule has 0 aliphatic carbocycles. The quantitative estimate of drug-likeness (QED) is 0.426. The number of hydrogen-bond donors (Lipinski definition) is 4. The fourth-order valence-corrected chi connectivity index (χ4v) is 1.52. The summed E-state index contributed by atoms with van der Waals surface area (Å²) in [6.07, 6.45) is 1.91. The van der Waals surface area contributed by atoms with Gasteiger partial charge in [0.2, 0.25) is 5.91 Å². The molecule has 0 bridgehead atoms. The number of nitrogens with one attached hydrogen (secondary N) is 1. The highest BCUT2D eigenvalue weighted by Gasteiger charge is 2.07. The van der Waals surface area contributed by atoms with Crippen molar-refractivity contribution in [2.45, 2.75) is 19.3 Å². The Morgan fingerprint density at radius 2 is 2.00 bits per heavy atom. The first-order valence-corrected chi connectivity index (χ1v) is 5.65. The van der Waals surface area contributed by atoms with Crippen LogP contribution in [0.1, 0.15) is 29.6 Å². The number of carboxylic acid groups (broad SMARTS) is 1. The molecule has 1 amide bonds. The van der Waals surface area contributed by atoms with E-state index >= 15 is 0 Å². The number of aromatic carboxylic acids is 1. The van der Waals surface area contributed by atoms with Crippen LogP contribution in [0.3, 0.4) is 0 Å². The van der Waals surface area contributed by atoms with Crippen molar-refractivity contribution >= 4 is 23.3 Å². The van der Waals surface area contributed by atoms with E-state index in [9.17, 15) is 9.59 Å². The van der Waals surface area contributed by atoms with Crippen LogP contribution in [0.25, 0.3) is 0 Å². The number of rotatable bonds is 7. The van der Waals surface area contributed by atoms with E-state index in [0.29, 0.717) is 13.0 Å². The van der Waals surface area contributed by atoms with Crippen LogP contribution < -0.4 is 16.8 Å². The lowest BCUT2D eigenvalue weighted by molar-refractivity contribution is -0.118. The molecule has 0 aromatic heterocycles. The molecule has 6 nitrogen and oxygen atoms in total. The molecule has 0 unspecified atom stereocenters. The highest BCUT2D eigenvalue weighted by molar-refractivity contribution is 5.94. The number of amides is 1. The second-order valence-corrected chi connectivity index (χ2v) is 3.96. The molecule has 0 saturated heterocycles. The average Bonchev–Trinajstić information content (AvgIpc) is 2.27. The van der Waals surface area contributed by atoms with Crippen molar-refractivity contribution in [3.63, 3.8) is 0 Å². The van der Waals surface area contributed by atoms with E-state index in [1.165, 1.54) is 6.07 Å². The van der Waals surface area contributed by atoms with Gasteiger partial charge in [-0.05, 0) is 31.0 Å². The molecule has 0 heterocycles. The predicted octanol–water partition coefficient (Wildman–Crippen LogP) is 1.03. The number of anilines is 2. The lowest BCUT2D eigenvalue weighted by Gasteiger charge is -2.08. The molecular weight excluding hydrogens is 234 g/mol. The first kappa shape index (κ1) is 13.8. The van der Waals surface area contributed by atoms with Gasteiger partial charge in [-0.2, -0.15) is 0 Å². The lowest BCUT2D eigenvalue weighted by Crippen LogP contribution is -2.11. The number of carbonyl (C=O) groups excluding carboxylic acids is 1. The Labute approximate surface area is 105 Å². The number of carbonyl (C=O) groups is 2. The van der Waals surface area contributed by atoms with Crippen LogP contribution in [-0.2, 0) is 4.79 Å². The van der Waals surface area contributed by atoms with E-state index in [-0.39, 0.29) is 17.2 Å². The van der Waals surface area contributed by atoms with Crippen LogP contribution in [-0.4, -0.2) is 23.5 Å². The Kier molecular flexibility index (Phi) is 4.98. The summed E-state index contributed by atoms with van der Waals surface area (Å²) in [7, 11) is 0. The monoisotopic (exact) mass is 251 g/mol. The van der Waals surface area contributed by atoms with Gasteiger partial charge in [-0.25, -0.2) is 4.79 Å². The summed E-state index contributed by atoms with van der Waals surface area (Å²) in [6.45, 7) is 0.680. The standard InChI is InChI=1S/C12H17N3O3/c13-10-7-8(4-5-9(10)12(17)18)15-6-2-1-3-11(14)16/h4-5,7,15H,1-3,6,13H2,(H2,14,16)(H,17,18). The zero-order valence-corrected chi connectivity index (χ0v) is 9.98. The molecule has 0 saturated carbocycles. The van der Waals surface area contributed by atoms with Crippen molar-refractivity contribution in [3.05, 3.63) is 23.8 Å². The van der Waals surface area contributed by atoms with Crippen LogP contribution in [0, 0.1) is 0 Å².